The molecule has 0 aliphatic carbocycles. The van der Waals surface area contributed by atoms with Gasteiger partial charge in [0.1, 0.15) is 5.82 Å². The first-order chi connectivity index (χ1) is 8.02. The van der Waals surface area contributed by atoms with Crippen molar-refractivity contribution in [2.45, 2.75) is 46.6 Å². The molecule has 0 fully saturated rings. The van der Waals surface area contributed by atoms with Gasteiger partial charge < -0.3 is 9.30 Å². The van der Waals surface area contributed by atoms with Crippen LogP contribution in [0.5, 0.6) is 0 Å². The fourth-order valence-corrected chi connectivity index (χ4v) is 1.86. The Labute approximate surface area is 108 Å². The van der Waals surface area contributed by atoms with E-state index >= 15 is 0 Å². The molecule has 0 radical (unpaired) electrons. The number of nitrogens with one attached hydrogen (secondary N) is 1. The highest BCUT2D eigenvalue weighted by Gasteiger charge is 2.09. The zero-order chi connectivity index (χ0) is 12.8. The largest absolute Gasteiger partial charge is 0.381 e. The van der Waals surface area contributed by atoms with Crippen LogP contribution in [-0.4, -0.2) is 28.0 Å². The van der Waals surface area contributed by atoms with E-state index in [0.29, 0.717) is 16.6 Å². The van der Waals surface area contributed by atoms with Gasteiger partial charge in [-0.05, 0) is 24.6 Å². The Morgan fingerprint density at radius 1 is 1.35 bits per heavy atom. The van der Waals surface area contributed by atoms with Gasteiger partial charge >= 0.3 is 0 Å². The smallest absolute Gasteiger partial charge is 0.195 e. The van der Waals surface area contributed by atoms with Crippen LogP contribution in [0, 0.1) is 10.7 Å². The molecule has 0 aliphatic heterocycles. The lowest BCUT2D eigenvalue weighted by Gasteiger charge is -2.10. The minimum Gasteiger partial charge on any atom is -0.381 e. The van der Waals surface area contributed by atoms with E-state index in [4.69, 9.17) is 17.0 Å². The van der Waals surface area contributed by atoms with Gasteiger partial charge in [-0.1, -0.05) is 27.7 Å². The lowest BCUT2D eigenvalue weighted by atomic mass is 10.2. The molecule has 1 heterocycles. The Bertz CT molecular complexity index is 381. The highest BCUT2D eigenvalue weighted by Crippen LogP contribution is 2.12. The fourth-order valence-electron chi connectivity index (χ4n) is 1.63. The summed E-state index contributed by atoms with van der Waals surface area (Å²) in [7, 11) is 0. The van der Waals surface area contributed by atoms with Crippen LogP contribution in [0.1, 0.15) is 45.9 Å². The monoisotopic (exact) mass is 257 g/mol. The van der Waals surface area contributed by atoms with Gasteiger partial charge in [0.15, 0.2) is 4.77 Å². The molecule has 1 aromatic heterocycles. The number of nitrogens with zero attached hydrogens (tertiary/aromatic N) is 2. The molecule has 0 unspecified atom stereocenters. The number of ether oxygens (including phenoxy) is 1. The van der Waals surface area contributed by atoms with Crippen molar-refractivity contribution < 1.29 is 4.74 Å². The molecule has 4 nitrogen and oxygen atoms in total. The molecule has 0 saturated heterocycles. The van der Waals surface area contributed by atoms with Crippen molar-refractivity contribution >= 4 is 12.2 Å². The second kappa shape index (κ2) is 6.91. The van der Waals surface area contributed by atoms with Crippen LogP contribution in [0.3, 0.4) is 0 Å². The summed E-state index contributed by atoms with van der Waals surface area (Å²) in [6.45, 7) is 11.0. The van der Waals surface area contributed by atoms with Gasteiger partial charge in [0.2, 0.25) is 0 Å². The minimum absolute atomic E-state index is 0.388. The zero-order valence-electron chi connectivity index (χ0n) is 11.2. The third-order valence-corrected chi connectivity index (χ3v) is 2.74. The maximum absolute atomic E-state index is 5.56. The third kappa shape index (κ3) is 4.60. The van der Waals surface area contributed by atoms with E-state index in [1.54, 1.807) is 0 Å². The number of H-pyrrole nitrogens is 1. The van der Waals surface area contributed by atoms with E-state index < -0.39 is 0 Å². The molecule has 0 amide bonds. The third-order valence-electron chi connectivity index (χ3n) is 2.43. The molecule has 0 saturated carbocycles. The molecular weight excluding hydrogens is 234 g/mol. The lowest BCUT2D eigenvalue weighted by Crippen LogP contribution is -2.09. The van der Waals surface area contributed by atoms with Gasteiger partial charge in [-0.3, -0.25) is 5.10 Å². The molecule has 0 aliphatic rings. The number of hydrogen-bond acceptors (Lipinski definition) is 3. The molecule has 5 heteroatoms. The Kier molecular flexibility index (Phi) is 5.85. The van der Waals surface area contributed by atoms with Crippen LogP contribution in [0.15, 0.2) is 0 Å². The summed E-state index contributed by atoms with van der Waals surface area (Å²) in [4.78, 5) is 0. The van der Waals surface area contributed by atoms with Gasteiger partial charge in [-0.15, -0.1) is 0 Å². The first-order valence-electron chi connectivity index (χ1n) is 6.25. The molecule has 98 valence electrons. The topological polar surface area (TPSA) is 42.8 Å². The second-order valence-corrected chi connectivity index (χ2v) is 5.40. The first kappa shape index (κ1) is 14.4. The van der Waals surface area contributed by atoms with Gasteiger partial charge in [0, 0.05) is 25.7 Å². The number of rotatable bonds is 7. The Morgan fingerprint density at radius 3 is 2.65 bits per heavy atom. The van der Waals surface area contributed by atoms with Gasteiger partial charge in [-0.25, -0.2) is 0 Å². The van der Waals surface area contributed by atoms with Crippen molar-refractivity contribution in [2.75, 3.05) is 13.2 Å². The number of hydrogen-bond donors (Lipinski definition) is 1. The molecule has 1 rings (SSSR count). The summed E-state index contributed by atoms with van der Waals surface area (Å²) in [6.07, 6.45) is 0.972. The summed E-state index contributed by atoms with van der Waals surface area (Å²) in [5, 5.41) is 7.10. The normalized spacial score (nSPS) is 11.6. The van der Waals surface area contributed by atoms with Crippen molar-refractivity contribution in [2.24, 2.45) is 5.92 Å². The molecule has 0 bridgehead atoms. The quantitative estimate of drug-likeness (QED) is 0.603. The average molecular weight is 257 g/mol. The van der Waals surface area contributed by atoms with E-state index in [9.17, 15) is 0 Å². The lowest BCUT2D eigenvalue weighted by molar-refractivity contribution is 0.105. The van der Waals surface area contributed by atoms with Crippen LogP contribution in [0.25, 0.3) is 0 Å². The highest BCUT2D eigenvalue weighted by molar-refractivity contribution is 7.71. The maximum Gasteiger partial charge on any atom is 0.195 e. The van der Waals surface area contributed by atoms with Crippen LogP contribution >= 0.6 is 12.2 Å². The molecule has 1 aromatic rings. The highest BCUT2D eigenvalue weighted by atomic mass is 32.1. The van der Waals surface area contributed by atoms with Crippen molar-refractivity contribution in [3.8, 4) is 0 Å². The van der Waals surface area contributed by atoms with Crippen molar-refractivity contribution in [1.82, 2.24) is 14.8 Å². The van der Waals surface area contributed by atoms with Crippen LogP contribution in [0.4, 0.5) is 0 Å². The molecule has 0 atom stereocenters. The number of aromatic nitrogens is 3. The van der Waals surface area contributed by atoms with E-state index in [-0.39, 0.29) is 0 Å². The van der Waals surface area contributed by atoms with Crippen molar-refractivity contribution in [3.63, 3.8) is 0 Å². The van der Waals surface area contributed by atoms with Crippen LogP contribution in [0.2, 0.25) is 0 Å². The minimum atomic E-state index is 0.388. The standard InChI is InChI=1S/C12H23N3OS/c1-9(2)8-16-7-5-6-15-11(10(3)4)13-14-12(15)17/h9-10H,5-8H2,1-4H3,(H,14,17). The molecule has 17 heavy (non-hydrogen) atoms. The summed E-state index contributed by atoms with van der Waals surface area (Å²) in [6, 6.07) is 0. The van der Waals surface area contributed by atoms with E-state index in [0.717, 1.165) is 32.0 Å². The SMILES string of the molecule is CC(C)COCCCn1c(C(C)C)n[nH]c1=S. The van der Waals surface area contributed by atoms with E-state index in [1.807, 2.05) is 0 Å². The molecular formula is C12H23N3OS. The Morgan fingerprint density at radius 2 is 2.06 bits per heavy atom. The Hall–Kier alpha value is -0.680. The van der Waals surface area contributed by atoms with Crippen molar-refractivity contribution in [3.05, 3.63) is 10.6 Å². The Balaban J connectivity index is 2.41. The van der Waals surface area contributed by atoms with E-state index in [1.165, 1.54) is 0 Å². The molecule has 0 spiro atoms. The van der Waals surface area contributed by atoms with Gasteiger partial charge in [0.25, 0.3) is 0 Å². The van der Waals surface area contributed by atoms with Crippen molar-refractivity contribution in [1.29, 1.82) is 0 Å². The predicted molar refractivity (Wildman–Crippen MR) is 71.8 cm³/mol. The van der Waals surface area contributed by atoms with Crippen LogP contribution < -0.4 is 0 Å². The van der Waals surface area contributed by atoms with Gasteiger partial charge in [0.05, 0.1) is 0 Å². The van der Waals surface area contributed by atoms with Gasteiger partial charge in [-0.2, -0.15) is 5.10 Å². The summed E-state index contributed by atoms with van der Waals surface area (Å²) in [5.74, 6) is 2.01. The second-order valence-electron chi connectivity index (χ2n) is 5.02. The zero-order valence-corrected chi connectivity index (χ0v) is 12.0. The summed E-state index contributed by atoms with van der Waals surface area (Å²) >= 11 is 5.22. The average Bonchev–Trinajstić information content (AvgIpc) is 2.59. The molecule has 1 N–H and O–H groups in total. The first-order valence-corrected chi connectivity index (χ1v) is 6.66. The van der Waals surface area contributed by atoms with Crippen LogP contribution in [-0.2, 0) is 11.3 Å². The summed E-state index contributed by atoms with van der Waals surface area (Å²) < 4.78 is 8.33. The van der Waals surface area contributed by atoms with E-state index in [2.05, 4.69) is 42.5 Å². The number of aromatic amines is 1. The fraction of sp³-hybridized carbons (Fsp3) is 0.833. The summed E-state index contributed by atoms with van der Waals surface area (Å²) in [5.41, 5.74) is 0. The predicted octanol–water partition coefficient (Wildman–Crippen LogP) is 3.13. The molecule has 0 aromatic carbocycles. The maximum atomic E-state index is 5.56.